The van der Waals surface area contributed by atoms with Crippen molar-refractivity contribution in [2.75, 3.05) is 0 Å². The fraction of sp³-hybridized carbons (Fsp3) is 0. The van der Waals surface area contributed by atoms with E-state index < -0.39 is 10.0 Å². The average molecular weight is 431 g/mol. The van der Waals surface area contributed by atoms with Gasteiger partial charge in [0, 0.05) is 16.0 Å². The lowest BCUT2D eigenvalue weighted by Crippen LogP contribution is -2.11. The van der Waals surface area contributed by atoms with Gasteiger partial charge in [0.15, 0.2) is 0 Å². The fourth-order valence-corrected chi connectivity index (χ4v) is 3.71. The van der Waals surface area contributed by atoms with Crippen molar-refractivity contribution in [3.8, 4) is 22.4 Å². The highest BCUT2D eigenvalue weighted by atomic mass is 35.5. The van der Waals surface area contributed by atoms with Gasteiger partial charge in [0.05, 0.1) is 16.1 Å². The van der Waals surface area contributed by atoms with Gasteiger partial charge in [-0.2, -0.15) is 0 Å². The van der Waals surface area contributed by atoms with Gasteiger partial charge in [0.25, 0.3) is 0 Å². The highest BCUT2D eigenvalue weighted by Crippen LogP contribution is 2.33. The molecule has 0 saturated heterocycles. The summed E-state index contributed by atoms with van der Waals surface area (Å²) in [6.07, 6.45) is 0. The van der Waals surface area contributed by atoms with E-state index in [0.29, 0.717) is 5.02 Å². The Morgan fingerprint density at radius 2 is 1.50 bits per heavy atom. The van der Waals surface area contributed by atoms with Gasteiger partial charge in [-0.05, 0) is 47.5 Å². The summed E-state index contributed by atoms with van der Waals surface area (Å²) >= 11 is 6.20. The number of hydrogen-bond acceptors (Lipinski definition) is 3. The Balaban J connectivity index is 0.00000225. The van der Waals surface area contributed by atoms with Crippen LogP contribution in [-0.4, -0.2) is 13.4 Å². The third-order valence-electron chi connectivity index (χ3n) is 4.33. The van der Waals surface area contributed by atoms with Crippen molar-refractivity contribution in [3.63, 3.8) is 0 Å². The van der Waals surface area contributed by atoms with E-state index in [1.165, 1.54) is 12.1 Å². The third-order valence-corrected chi connectivity index (χ3v) is 5.50. The van der Waals surface area contributed by atoms with Gasteiger partial charge in [-0.3, -0.25) is 0 Å². The fourth-order valence-electron chi connectivity index (χ4n) is 3.02. The van der Waals surface area contributed by atoms with Crippen molar-refractivity contribution in [1.29, 1.82) is 0 Å². The Kier molecular flexibility index (Phi) is 5.72. The predicted octanol–water partition coefficient (Wildman–Crippen LogP) is 5.29. The van der Waals surface area contributed by atoms with Gasteiger partial charge in [-0.25, -0.2) is 18.5 Å². The number of primary sulfonamides is 1. The molecule has 0 aliphatic heterocycles. The molecule has 4 rings (SSSR count). The minimum absolute atomic E-state index is 0. The minimum Gasteiger partial charge on any atom is -0.248 e. The molecule has 0 atom stereocenters. The lowest BCUT2D eigenvalue weighted by molar-refractivity contribution is 0.598. The van der Waals surface area contributed by atoms with Crippen molar-refractivity contribution >= 4 is 44.9 Å². The molecule has 0 unspecified atom stereocenters. The van der Waals surface area contributed by atoms with E-state index in [9.17, 15) is 8.42 Å². The first kappa shape index (κ1) is 20.3. The molecule has 0 saturated carbocycles. The molecule has 0 radical (unpaired) electrons. The maximum Gasteiger partial charge on any atom is 0.238 e. The summed E-state index contributed by atoms with van der Waals surface area (Å²) in [5.41, 5.74) is 4.41. The first-order chi connectivity index (χ1) is 12.9. The maximum absolute atomic E-state index is 11.5. The Labute approximate surface area is 174 Å². The molecule has 142 valence electrons. The second-order valence-corrected chi connectivity index (χ2v) is 8.15. The predicted molar refractivity (Wildman–Crippen MR) is 116 cm³/mol. The van der Waals surface area contributed by atoms with Gasteiger partial charge in [0.1, 0.15) is 0 Å². The van der Waals surface area contributed by atoms with E-state index in [0.717, 1.165) is 33.3 Å². The first-order valence-electron chi connectivity index (χ1n) is 8.21. The van der Waals surface area contributed by atoms with Gasteiger partial charge >= 0.3 is 0 Å². The molecule has 4 aromatic rings. The molecule has 1 heterocycles. The van der Waals surface area contributed by atoms with Gasteiger partial charge < -0.3 is 0 Å². The molecule has 4 nitrogen and oxygen atoms in total. The zero-order valence-electron chi connectivity index (χ0n) is 14.5. The van der Waals surface area contributed by atoms with Crippen LogP contribution in [-0.2, 0) is 10.0 Å². The molecule has 0 aliphatic rings. The van der Waals surface area contributed by atoms with Crippen LogP contribution >= 0.6 is 24.0 Å². The average Bonchev–Trinajstić information content (AvgIpc) is 2.67. The Hall–Kier alpha value is -2.44. The van der Waals surface area contributed by atoms with Crippen molar-refractivity contribution in [1.82, 2.24) is 4.98 Å². The number of hydrogen-bond donors (Lipinski definition) is 1. The van der Waals surface area contributed by atoms with E-state index in [1.807, 2.05) is 48.5 Å². The zero-order chi connectivity index (χ0) is 19.0. The standard InChI is InChI=1S/C21H15ClN2O2S.ClH/c22-16-8-11-20-19(12-16)18(14-4-2-1-3-5-14)13-21(24-20)15-6-9-17(10-7-15)27(23,25)26;/h1-13H,(H2,23,25,26);1H. The number of halogens is 2. The van der Waals surface area contributed by atoms with Crippen LogP contribution in [0.5, 0.6) is 0 Å². The molecule has 0 amide bonds. The van der Waals surface area contributed by atoms with E-state index in [2.05, 4.69) is 0 Å². The second kappa shape index (κ2) is 7.89. The number of sulfonamides is 1. The second-order valence-electron chi connectivity index (χ2n) is 6.15. The molecule has 0 bridgehead atoms. The molecule has 1 aromatic heterocycles. The van der Waals surface area contributed by atoms with E-state index in [4.69, 9.17) is 21.7 Å². The van der Waals surface area contributed by atoms with Crippen LogP contribution in [0, 0.1) is 0 Å². The van der Waals surface area contributed by atoms with Gasteiger partial charge in [-0.15, -0.1) is 12.4 Å². The highest BCUT2D eigenvalue weighted by molar-refractivity contribution is 7.89. The third kappa shape index (κ3) is 4.03. The van der Waals surface area contributed by atoms with Crippen LogP contribution in [0.1, 0.15) is 0 Å². The quantitative estimate of drug-likeness (QED) is 0.479. The molecular weight excluding hydrogens is 415 g/mol. The number of pyridine rings is 1. The SMILES string of the molecule is Cl.NS(=O)(=O)c1ccc(-c2cc(-c3ccccc3)c3cc(Cl)ccc3n2)cc1. The lowest BCUT2D eigenvalue weighted by Gasteiger charge is -2.11. The summed E-state index contributed by atoms with van der Waals surface area (Å²) < 4.78 is 23.0. The van der Waals surface area contributed by atoms with Crippen LogP contribution in [0.25, 0.3) is 33.3 Å². The zero-order valence-corrected chi connectivity index (χ0v) is 16.9. The Bertz CT molecular complexity index is 1240. The summed E-state index contributed by atoms with van der Waals surface area (Å²) in [7, 11) is -3.73. The van der Waals surface area contributed by atoms with E-state index >= 15 is 0 Å². The first-order valence-corrected chi connectivity index (χ1v) is 10.1. The highest BCUT2D eigenvalue weighted by Gasteiger charge is 2.12. The normalized spacial score (nSPS) is 11.2. The number of fused-ring (bicyclic) bond motifs is 1. The summed E-state index contributed by atoms with van der Waals surface area (Å²) in [6.45, 7) is 0. The van der Waals surface area contributed by atoms with E-state index in [1.54, 1.807) is 18.2 Å². The smallest absolute Gasteiger partial charge is 0.238 e. The van der Waals surface area contributed by atoms with Crippen LogP contribution < -0.4 is 5.14 Å². The van der Waals surface area contributed by atoms with Crippen molar-refractivity contribution in [3.05, 3.63) is 83.9 Å². The van der Waals surface area contributed by atoms with Crippen molar-refractivity contribution in [2.24, 2.45) is 5.14 Å². The number of benzene rings is 3. The largest absolute Gasteiger partial charge is 0.248 e. The number of aromatic nitrogens is 1. The molecule has 3 aromatic carbocycles. The molecular formula is C21H16Cl2N2O2S. The minimum atomic E-state index is -3.73. The van der Waals surface area contributed by atoms with Crippen LogP contribution in [0.3, 0.4) is 0 Å². The lowest BCUT2D eigenvalue weighted by atomic mass is 9.98. The maximum atomic E-state index is 11.5. The monoisotopic (exact) mass is 430 g/mol. The van der Waals surface area contributed by atoms with Crippen LogP contribution in [0.15, 0.2) is 83.8 Å². The van der Waals surface area contributed by atoms with Crippen molar-refractivity contribution in [2.45, 2.75) is 4.90 Å². The molecule has 7 heteroatoms. The molecule has 2 N–H and O–H groups in total. The van der Waals surface area contributed by atoms with Gasteiger partial charge in [0.2, 0.25) is 10.0 Å². The topological polar surface area (TPSA) is 73.1 Å². The molecule has 0 fully saturated rings. The summed E-state index contributed by atoms with van der Waals surface area (Å²) in [4.78, 5) is 4.80. The summed E-state index contributed by atoms with van der Waals surface area (Å²) in [5.74, 6) is 0. The molecule has 28 heavy (non-hydrogen) atoms. The summed E-state index contributed by atoms with van der Waals surface area (Å²) in [6, 6.07) is 23.9. The van der Waals surface area contributed by atoms with Gasteiger partial charge in [-0.1, -0.05) is 54.1 Å². The molecule has 0 spiro atoms. The number of rotatable bonds is 3. The van der Waals surface area contributed by atoms with E-state index in [-0.39, 0.29) is 17.3 Å². The van der Waals surface area contributed by atoms with Crippen LogP contribution in [0.4, 0.5) is 0 Å². The van der Waals surface area contributed by atoms with Crippen LogP contribution in [0.2, 0.25) is 5.02 Å². The molecule has 0 aliphatic carbocycles. The number of nitrogens with two attached hydrogens (primary N) is 1. The van der Waals surface area contributed by atoms with Crippen molar-refractivity contribution < 1.29 is 8.42 Å². The Morgan fingerprint density at radius 3 is 2.14 bits per heavy atom. The Morgan fingerprint density at radius 1 is 0.821 bits per heavy atom. The summed E-state index contributed by atoms with van der Waals surface area (Å²) in [5, 5.41) is 6.78. The number of nitrogens with zero attached hydrogens (tertiary/aromatic N) is 1.